The molecule has 10 nitrogen and oxygen atoms in total. The molecule has 1 aromatic rings. The molecule has 26 heavy (non-hydrogen) atoms. The standard InChI is InChI=1S/C8H10O2.4C2H4O2/c1-6(9)7-4-2-3-5-8(7)10;4*1-2(3)4/h2-6,9-10H,1H3;4*1H3,(H,3,4). The second kappa shape index (κ2) is 19.9. The van der Waals surface area contributed by atoms with Gasteiger partial charge in [0.25, 0.3) is 23.9 Å². The number of aliphatic hydroxyl groups is 1. The van der Waals surface area contributed by atoms with Gasteiger partial charge in [0.05, 0.1) is 6.10 Å². The molecule has 10 heteroatoms. The molecular formula is C16H26O10. The third kappa shape index (κ3) is 58.5. The SMILES string of the molecule is CC(=O)O.CC(=O)O.CC(=O)O.CC(=O)O.CC(O)c1ccccc1O. The van der Waals surface area contributed by atoms with Gasteiger partial charge in [-0.25, -0.2) is 0 Å². The number of phenolic OH excluding ortho intramolecular Hbond substituents is 1. The Bertz CT molecular complexity index is 474. The first-order valence-corrected chi connectivity index (χ1v) is 6.89. The lowest BCUT2D eigenvalue weighted by atomic mass is 10.1. The van der Waals surface area contributed by atoms with Crippen LogP contribution in [0.3, 0.4) is 0 Å². The van der Waals surface area contributed by atoms with Crippen LogP contribution in [0.1, 0.15) is 46.3 Å². The van der Waals surface area contributed by atoms with Crippen LogP contribution < -0.4 is 0 Å². The number of aliphatic carboxylic acids is 4. The Morgan fingerprint density at radius 1 is 0.731 bits per heavy atom. The Morgan fingerprint density at radius 3 is 1.12 bits per heavy atom. The molecule has 1 unspecified atom stereocenters. The van der Waals surface area contributed by atoms with Crippen LogP contribution in [-0.4, -0.2) is 54.5 Å². The third-order valence-electron chi connectivity index (χ3n) is 1.39. The summed E-state index contributed by atoms with van der Waals surface area (Å²) in [5, 5.41) is 47.8. The van der Waals surface area contributed by atoms with E-state index < -0.39 is 30.0 Å². The summed E-state index contributed by atoms with van der Waals surface area (Å²) >= 11 is 0. The topological polar surface area (TPSA) is 190 Å². The van der Waals surface area contributed by atoms with Crippen molar-refractivity contribution in [2.24, 2.45) is 0 Å². The highest BCUT2D eigenvalue weighted by Crippen LogP contribution is 2.22. The van der Waals surface area contributed by atoms with Crippen LogP contribution >= 0.6 is 0 Å². The van der Waals surface area contributed by atoms with E-state index in [2.05, 4.69) is 0 Å². The fourth-order valence-corrected chi connectivity index (χ4v) is 0.841. The van der Waals surface area contributed by atoms with Crippen LogP contribution in [0.25, 0.3) is 0 Å². The van der Waals surface area contributed by atoms with Crippen molar-refractivity contribution in [1.82, 2.24) is 0 Å². The molecule has 0 aromatic heterocycles. The van der Waals surface area contributed by atoms with Gasteiger partial charge in [-0.2, -0.15) is 0 Å². The molecule has 0 saturated heterocycles. The summed E-state index contributed by atoms with van der Waals surface area (Å²) in [4.78, 5) is 36.0. The van der Waals surface area contributed by atoms with E-state index in [1.165, 1.54) is 0 Å². The summed E-state index contributed by atoms with van der Waals surface area (Å²) in [7, 11) is 0. The normalized spacial score (nSPS) is 8.85. The highest BCUT2D eigenvalue weighted by atomic mass is 16.4. The zero-order valence-electron chi connectivity index (χ0n) is 15.2. The zero-order valence-corrected chi connectivity index (χ0v) is 15.2. The van der Waals surface area contributed by atoms with Crippen molar-refractivity contribution in [3.8, 4) is 5.75 Å². The summed E-state index contributed by atoms with van der Waals surface area (Å²) < 4.78 is 0. The average Bonchev–Trinajstić information content (AvgIpc) is 2.35. The van der Waals surface area contributed by atoms with E-state index in [9.17, 15) is 0 Å². The first kappa shape index (κ1) is 30.7. The molecule has 0 radical (unpaired) electrons. The number of hydrogen-bond acceptors (Lipinski definition) is 6. The van der Waals surface area contributed by atoms with Gasteiger partial charge in [-0.3, -0.25) is 19.2 Å². The second-order valence-corrected chi connectivity index (χ2v) is 4.31. The monoisotopic (exact) mass is 378 g/mol. The average molecular weight is 378 g/mol. The van der Waals surface area contributed by atoms with E-state index in [-0.39, 0.29) is 5.75 Å². The van der Waals surface area contributed by atoms with Crippen LogP contribution in [0.5, 0.6) is 5.75 Å². The number of hydrogen-bond donors (Lipinski definition) is 6. The second-order valence-electron chi connectivity index (χ2n) is 4.31. The molecule has 6 N–H and O–H groups in total. The van der Waals surface area contributed by atoms with Crippen molar-refractivity contribution in [2.75, 3.05) is 0 Å². The highest BCUT2D eigenvalue weighted by Gasteiger charge is 2.03. The minimum Gasteiger partial charge on any atom is -0.508 e. The fraction of sp³-hybridized carbons (Fsp3) is 0.375. The van der Waals surface area contributed by atoms with Gasteiger partial charge in [0.15, 0.2) is 0 Å². The Balaban J connectivity index is -0.000000129. The molecule has 0 aliphatic rings. The van der Waals surface area contributed by atoms with E-state index in [4.69, 9.17) is 49.8 Å². The molecule has 0 spiro atoms. The molecule has 0 saturated carbocycles. The van der Waals surface area contributed by atoms with Gasteiger partial charge < -0.3 is 30.6 Å². The summed E-state index contributed by atoms with van der Waals surface area (Å²) in [6.45, 7) is 5.95. The molecule has 0 heterocycles. The van der Waals surface area contributed by atoms with Crippen LogP contribution in [0.2, 0.25) is 0 Å². The van der Waals surface area contributed by atoms with E-state index in [0.29, 0.717) is 5.56 Å². The third-order valence-corrected chi connectivity index (χ3v) is 1.39. The summed E-state index contributed by atoms with van der Waals surface area (Å²) in [6.07, 6.45) is -0.596. The smallest absolute Gasteiger partial charge is 0.300 e. The fourth-order valence-electron chi connectivity index (χ4n) is 0.841. The number of rotatable bonds is 1. The maximum Gasteiger partial charge on any atom is 0.300 e. The predicted octanol–water partition coefficient (Wildman–Crippen LogP) is 1.81. The molecule has 0 aliphatic carbocycles. The molecule has 150 valence electrons. The van der Waals surface area contributed by atoms with Crippen molar-refractivity contribution in [3.63, 3.8) is 0 Å². The van der Waals surface area contributed by atoms with Gasteiger partial charge in [-0.1, -0.05) is 18.2 Å². The molecule has 0 amide bonds. The van der Waals surface area contributed by atoms with E-state index >= 15 is 0 Å². The molecule has 0 fully saturated rings. The van der Waals surface area contributed by atoms with E-state index in [1.54, 1.807) is 31.2 Å². The van der Waals surface area contributed by atoms with E-state index in [1.807, 2.05) is 0 Å². The van der Waals surface area contributed by atoms with Gasteiger partial charge >= 0.3 is 0 Å². The maximum absolute atomic E-state index is 9.12. The lowest BCUT2D eigenvalue weighted by Gasteiger charge is -2.05. The van der Waals surface area contributed by atoms with Crippen LogP contribution in [0.15, 0.2) is 24.3 Å². The van der Waals surface area contributed by atoms with Crippen molar-refractivity contribution in [1.29, 1.82) is 0 Å². The number of aliphatic hydroxyl groups excluding tert-OH is 1. The first-order valence-electron chi connectivity index (χ1n) is 6.89. The molecule has 1 rings (SSSR count). The Labute approximate surface area is 151 Å². The number of carboxylic acids is 4. The molecule has 1 aromatic carbocycles. The number of benzene rings is 1. The highest BCUT2D eigenvalue weighted by molar-refractivity contribution is 5.63. The van der Waals surface area contributed by atoms with Gasteiger partial charge in [0.1, 0.15) is 5.75 Å². The maximum atomic E-state index is 9.12. The first-order chi connectivity index (χ1) is 11.6. The lowest BCUT2D eigenvalue weighted by molar-refractivity contribution is -0.135. The summed E-state index contributed by atoms with van der Waals surface area (Å²) in [5.41, 5.74) is 0.572. The van der Waals surface area contributed by atoms with Gasteiger partial charge in [0, 0.05) is 33.3 Å². The van der Waals surface area contributed by atoms with Crippen molar-refractivity contribution >= 4 is 23.9 Å². The Hall–Kier alpha value is -3.14. The zero-order chi connectivity index (χ0) is 21.9. The van der Waals surface area contributed by atoms with Crippen LogP contribution in [-0.2, 0) is 19.2 Å². The van der Waals surface area contributed by atoms with Crippen LogP contribution in [0.4, 0.5) is 0 Å². The quantitative estimate of drug-likeness (QED) is 0.420. The van der Waals surface area contributed by atoms with Crippen molar-refractivity contribution in [3.05, 3.63) is 29.8 Å². The molecule has 0 aliphatic heterocycles. The molecule has 1 atom stereocenters. The molecular weight excluding hydrogens is 352 g/mol. The van der Waals surface area contributed by atoms with Gasteiger partial charge in [-0.15, -0.1) is 0 Å². The van der Waals surface area contributed by atoms with Crippen molar-refractivity contribution < 1.29 is 49.8 Å². The minimum atomic E-state index is -0.833. The number of para-hydroxylation sites is 1. The molecule has 0 bridgehead atoms. The predicted molar refractivity (Wildman–Crippen MR) is 92.0 cm³/mol. The number of aromatic hydroxyl groups is 1. The lowest BCUT2D eigenvalue weighted by Crippen LogP contribution is -1.89. The number of carboxylic acid groups (broad SMARTS) is 4. The van der Waals surface area contributed by atoms with Crippen molar-refractivity contribution in [2.45, 2.75) is 40.7 Å². The van der Waals surface area contributed by atoms with Crippen LogP contribution in [0, 0.1) is 0 Å². The number of carbonyl (C=O) groups is 4. The summed E-state index contributed by atoms with van der Waals surface area (Å²) in [6, 6.07) is 6.76. The Morgan fingerprint density at radius 2 is 0.962 bits per heavy atom. The van der Waals surface area contributed by atoms with E-state index in [0.717, 1.165) is 27.7 Å². The Kier molecular flexibility index (Phi) is 23.5. The minimum absolute atomic E-state index is 0.150. The van der Waals surface area contributed by atoms with Gasteiger partial charge in [0.2, 0.25) is 0 Å². The van der Waals surface area contributed by atoms with Gasteiger partial charge in [-0.05, 0) is 13.0 Å². The largest absolute Gasteiger partial charge is 0.508 e. The summed E-state index contributed by atoms with van der Waals surface area (Å²) in [5.74, 6) is -3.18. The number of phenols is 1.